The predicted octanol–water partition coefficient (Wildman–Crippen LogP) is 5.12. The second-order valence-electron chi connectivity index (χ2n) is 4.12. The average molecular weight is 366 g/mol. The Balaban J connectivity index is 2.31. The fourth-order valence-corrected chi connectivity index (χ4v) is 3.02. The highest BCUT2D eigenvalue weighted by Gasteiger charge is 2.23. The molecule has 1 aromatic carbocycles. The first-order valence-corrected chi connectivity index (χ1v) is 7.95. The third kappa shape index (κ3) is 3.83. The normalized spacial score (nSPS) is 11.4. The first kappa shape index (κ1) is 16.4. The van der Waals surface area contributed by atoms with Crippen molar-refractivity contribution in [2.45, 2.75) is 10.7 Å². The molecule has 0 spiro atoms. The molecule has 1 aromatic heterocycles. The Morgan fingerprint density at radius 2 is 1.90 bits per heavy atom. The summed E-state index contributed by atoms with van der Waals surface area (Å²) in [5.74, 6) is -0.636. The van der Waals surface area contributed by atoms with E-state index in [1.54, 1.807) is 31.2 Å². The van der Waals surface area contributed by atoms with Crippen LogP contribution in [0.5, 0.6) is 5.75 Å². The van der Waals surface area contributed by atoms with Gasteiger partial charge in [0.05, 0.1) is 6.61 Å². The third-order valence-corrected chi connectivity index (χ3v) is 4.48. The van der Waals surface area contributed by atoms with Crippen LogP contribution in [0.1, 0.15) is 22.2 Å². The van der Waals surface area contributed by atoms with Crippen LogP contribution >= 0.6 is 46.1 Å². The molecule has 0 atom stereocenters. The fraction of sp³-hybridized carbons (Fsp3) is 0.214. The zero-order valence-electron chi connectivity index (χ0n) is 10.9. The lowest BCUT2D eigenvalue weighted by molar-refractivity contribution is 0.0529. The van der Waals surface area contributed by atoms with Crippen molar-refractivity contribution in [2.24, 2.45) is 0 Å². The first-order chi connectivity index (χ1) is 9.82. The number of benzene rings is 1. The van der Waals surface area contributed by atoms with Crippen molar-refractivity contribution in [3.63, 3.8) is 0 Å². The summed E-state index contributed by atoms with van der Waals surface area (Å²) >= 11 is 18.5. The van der Waals surface area contributed by atoms with E-state index in [0.29, 0.717) is 5.56 Å². The van der Waals surface area contributed by atoms with E-state index < -0.39 is 9.76 Å². The summed E-state index contributed by atoms with van der Waals surface area (Å²) in [6.45, 7) is 1.96. The first-order valence-electron chi connectivity index (χ1n) is 6.00. The number of aromatic hydroxyl groups is 1. The number of hydrogen-bond donors (Lipinski definition) is 1. The second-order valence-corrected chi connectivity index (χ2v) is 7.45. The summed E-state index contributed by atoms with van der Waals surface area (Å²) in [4.78, 5) is 12.6. The van der Waals surface area contributed by atoms with Crippen LogP contribution in [0.25, 0.3) is 10.4 Å². The van der Waals surface area contributed by atoms with Crippen molar-refractivity contribution in [3.8, 4) is 16.2 Å². The highest BCUT2D eigenvalue weighted by atomic mass is 35.6. The number of esters is 1. The van der Waals surface area contributed by atoms with E-state index in [9.17, 15) is 9.90 Å². The Kier molecular flexibility index (Phi) is 5.04. The van der Waals surface area contributed by atoms with E-state index in [-0.39, 0.29) is 17.2 Å². The molecular weight excluding hydrogens is 355 g/mol. The highest BCUT2D eigenvalue weighted by molar-refractivity contribution is 7.17. The molecule has 2 aromatic rings. The van der Waals surface area contributed by atoms with Crippen molar-refractivity contribution < 1.29 is 14.6 Å². The summed E-state index contributed by atoms with van der Waals surface area (Å²) in [5.41, 5.74) is 1.35. The van der Waals surface area contributed by atoms with Crippen molar-refractivity contribution in [2.75, 3.05) is 6.61 Å². The number of hydrogen-bond acceptors (Lipinski definition) is 4. The van der Waals surface area contributed by atoms with Crippen molar-refractivity contribution in [1.82, 2.24) is 0 Å². The zero-order valence-corrected chi connectivity index (χ0v) is 14.0. The largest absolute Gasteiger partial charge is 0.506 e. The SMILES string of the molecule is CCOC(=O)c1sc(-c2ccc(C(Cl)(Cl)Cl)cc2)cc1O. The van der Waals surface area contributed by atoms with Gasteiger partial charge in [-0.3, -0.25) is 0 Å². The maximum atomic E-state index is 11.7. The molecule has 0 aliphatic rings. The van der Waals surface area contributed by atoms with Crippen LogP contribution in [0.3, 0.4) is 0 Å². The van der Waals surface area contributed by atoms with Gasteiger partial charge in [-0.1, -0.05) is 59.1 Å². The topological polar surface area (TPSA) is 46.5 Å². The van der Waals surface area contributed by atoms with Gasteiger partial charge in [0.25, 0.3) is 0 Å². The highest BCUT2D eigenvalue weighted by Crippen LogP contribution is 2.40. The molecule has 0 radical (unpaired) electrons. The van der Waals surface area contributed by atoms with Crippen molar-refractivity contribution >= 4 is 52.1 Å². The van der Waals surface area contributed by atoms with Gasteiger partial charge in [0.2, 0.25) is 3.79 Å². The Morgan fingerprint density at radius 3 is 2.43 bits per heavy atom. The van der Waals surface area contributed by atoms with Gasteiger partial charge in [-0.15, -0.1) is 11.3 Å². The maximum Gasteiger partial charge on any atom is 0.352 e. The van der Waals surface area contributed by atoms with Crippen molar-refractivity contribution in [3.05, 3.63) is 40.8 Å². The molecule has 112 valence electrons. The molecule has 1 N–H and O–H groups in total. The number of halogens is 3. The molecule has 0 bridgehead atoms. The summed E-state index contributed by atoms with van der Waals surface area (Å²) in [7, 11) is 0. The van der Waals surface area contributed by atoms with E-state index in [4.69, 9.17) is 39.5 Å². The lowest BCUT2D eigenvalue weighted by atomic mass is 10.1. The molecule has 21 heavy (non-hydrogen) atoms. The predicted molar refractivity (Wildman–Crippen MR) is 86.6 cm³/mol. The molecule has 0 fully saturated rings. The maximum absolute atomic E-state index is 11.7. The van der Waals surface area contributed by atoms with Gasteiger partial charge in [0, 0.05) is 10.4 Å². The summed E-state index contributed by atoms with van der Waals surface area (Å²) in [5, 5.41) is 9.82. The molecule has 7 heteroatoms. The van der Waals surface area contributed by atoms with Gasteiger partial charge in [0.1, 0.15) is 5.75 Å². The minimum Gasteiger partial charge on any atom is -0.506 e. The van der Waals surface area contributed by atoms with Crippen LogP contribution in [0.2, 0.25) is 0 Å². The third-order valence-electron chi connectivity index (χ3n) is 2.67. The standard InChI is InChI=1S/C14H11Cl3O3S/c1-2-20-13(19)12-10(18)7-11(21-12)8-3-5-9(6-4-8)14(15,16)17/h3-7,18H,2H2,1H3. The Hall–Kier alpha value is -0.940. The number of carbonyl (C=O) groups is 1. The lowest BCUT2D eigenvalue weighted by Gasteiger charge is -2.11. The van der Waals surface area contributed by atoms with Crippen LogP contribution < -0.4 is 0 Å². The van der Waals surface area contributed by atoms with E-state index in [2.05, 4.69) is 0 Å². The molecule has 1 heterocycles. The molecule has 3 nitrogen and oxygen atoms in total. The fourth-order valence-electron chi connectivity index (χ4n) is 1.69. The minimum atomic E-state index is -1.48. The van der Waals surface area contributed by atoms with Gasteiger partial charge in [0.15, 0.2) is 4.88 Å². The molecule has 2 rings (SSSR count). The van der Waals surface area contributed by atoms with Crippen LogP contribution in [0, 0.1) is 0 Å². The molecule has 0 saturated heterocycles. The van der Waals surface area contributed by atoms with E-state index in [0.717, 1.165) is 21.8 Å². The molecule has 0 saturated carbocycles. The summed E-state index contributed by atoms with van der Waals surface area (Å²) in [6, 6.07) is 8.41. The Labute approximate surface area is 141 Å². The molecule has 0 unspecified atom stereocenters. The number of alkyl halides is 3. The van der Waals surface area contributed by atoms with Crippen LogP contribution in [-0.4, -0.2) is 17.7 Å². The van der Waals surface area contributed by atoms with Gasteiger partial charge < -0.3 is 9.84 Å². The minimum absolute atomic E-state index is 0.0982. The van der Waals surface area contributed by atoms with Crippen LogP contribution in [0.15, 0.2) is 30.3 Å². The van der Waals surface area contributed by atoms with E-state index in [1.165, 1.54) is 6.07 Å². The average Bonchev–Trinajstić information content (AvgIpc) is 2.80. The number of ether oxygens (including phenoxy) is 1. The molecule has 0 amide bonds. The van der Waals surface area contributed by atoms with Crippen LogP contribution in [-0.2, 0) is 8.53 Å². The van der Waals surface area contributed by atoms with Crippen LogP contribution in [0.4, 0.5) is 0 Å². The smallest absolute Gasteiger partial charge is 0.352 e. The molecule has 0 aliphatic carbocycles. The van der Waals surface area contributed by atoms with E-state index in [1.807, 2.05) is 0 Å². The Bertz CT molecular complexity index is 644. The lowest BCUT2D eigenvalue weighted by Crippen LogP contribution is -2.01. The Morgan fingerprint density at radius 1 is 1.29 bits per heavy atom. The summed E-state index contributed by atoms with van der Waals surface area (Å²) < 4.78 is 3.40. The second kappa shape index (κ2) is 6.44. The quantitative estimate of drug-likeness (QED) is 0.606. The molecule has 0 aliphatic heterocycles. The van der Waals surface area contributed by atoms with Gasteiger partial charge in [-0.2, -0.15) is 0 Å². The van der Waals surface area contributed by atoms with Gasteiger partial charge >= 0.3 is 5.97 Å². The number of carbonyl (C=O) groups excluding carboxylic acids is 1. The number of thiophene rings is 1. The van der Waals surface area contributed by atoms with Gasteiger partial charge in [-0.05, 0) is 18.6 Å². The van der Waals surface area contributed by atoms with E-state index >= 15 is 0 Å². The summed E-state index contributed by atoms with van der Waals surface area (Å²) in [6.07, 6.45) is 0. The monoisotopic (exact) mass is 364 g/mol. The molecular formula is C14H11Cl3O3S. The number of rotatable bonds is 3. The van der Waals surface area contributed by atoms with Gasteiger partial charge in [-0.25, -0.2) is 4.79 Å². The zero-order chi connectivity index (χ0) is 15.6. The van der Waals surface area contributed by atoms with Crippen molar-refractivity contribution in [1.29, 1.82) is 0 Å².